The third kappa shape index (κ3) is 5.85. The first-order valence-corrected chi connectivity index (χ1v) is 11.1. The van der Waals surface area contributed by atoms with E-state index < -0.39 is 17.6 Å². The highest BCUT2D eigenvalue weighted by molar-refractivity contribution is 9.10. The van der Waals surface area contributed by atoms with Crippen molar-refractivity contribution in [3.63, 3.8) is 0 Å². The summed E-state index contributed by atoms with van der Waals surface area (Å²) in [6.07, 6.45) is 1.45. The van der Waals surface area contributed by atoms with Gasteiger partial charge < -0.3 is 10.1 Å². The van der Waals surface area contributed by atoms with Crippen molar-refractivity contribution < 1.29 is 18.7 Å². The lowest BCUT2D eigenvalue weighted by molar-refractivity contribution is -0.136. The first-order chi connectivity index (χ1) is 16.5. The fourth-order valence-corrected chi connectivity index (χ4v) is 3.70. The van der Waals surface area contributed by atoms with E-state index in [1.165, 1.54) is 30.5 Å². The molecule has 2 N–H and O–H groups in total. The molecule has 6 nitrogen and oxygen atoms in total. The van der Waals surface area contributed by atoms with Crippen LogP contribution >= 0.6 is 15.9 Å². The molecule has 8 heteroatoms. The Kier molecular flexibility index (Phi) is 7.29. The summed E-state index contributed by atoms with van der Waals surface area (Å²) in [5.41, 5.74) is 4.15. The van der Waals surface area contributed by atoms with E-state index in [4.69, 9.17) is 4.74 Å². The van der Waals surface area contributed by atoms with Gasteiger partial charge in [0.05, 0.1) is 6.21 Å². The number of nitrogens with one attached hydrogen (secondary N) is 2. The Morgan fingerprint density at radius 2 is 1.74 bits per heavy atom. The zero-order valence-electron chi connectivity index (χ0n) is 17.8. The maximum atomic E-state index is 13.0. The summed E-state index contributed by atoms with van der Waals surface area (Å²) in [5, 5.41) is 8.20. The molecular formula is C26H19BrFN3O3. The number of ether oxygens (including phenoxy) is 1. The normalized spacial score (nSPS) is 10.9. The average molecular weight is 520 g/mol. The summed E-state index contributed by atoms with van der Waals surface area (Å²) in [5.74, 6) is -1.75. The van der Waals surface area contributed by atoms with Crippen molar-refractivity contribution in [2.75, 3.05) is 5.32 Å². The van der Waals surface area contributed by atoms with Gasteiger partial charge in [-0.2, -0.15) is 5.10 Å². The molecule has 0 unspecified atom stereocenters. The molecule has 0 saturated carbocycles. The van der Waals surface area contributed by atoms with Gasteiger partial charge in [0.15, 0.2) is 0 Å². The number of carbonyl (C=O) groups excluding carboxylic acids is 2. The van der Waals surface area contributed by atoms with Gasteiger partial charge in [0.25, 0.3) is 0 Å². The third-order valence-electron chi connectivity index (χ3n) is 4.88. The van der Waals surface area contributed by atoms with Crippen LogP contribution in [0.15, 0.2) is 94.5 Å². The third-order valence-corrected chi connectivity index (χ3v) is 5.38. The molecule has 0 bridgehead atoms. The van der Waals surface area contributed by atoms with Crippen LogP contribution in [-0.4, -0.2) is 18.0 Å². The van der Waals surface area contributed by atoms with E-state index in [2.05, 4.69) is 31.8 Å². The number of nitrogens with zero attached hydrogens (tertiary/aromatic N) is 1. The standard InChI is InChI=1S/C26H19BrFN3O3/c27-19-6-3-4-17(14-19)16-34-24-13-8-18-5-1-2-7-22(18)23(24)15-29-31-26(33)25(32)30-21-11-9-20(28)10-12-21/h1-15H,16H2,(H,30,32)(H,31,33)/b29-15-. The van der Waals surface area contributed by atoms with Gasteiger partial charge in [0.1, 0.15) is 18.2 Å². The summed E-state index contributed by atoms with van der Waals surface area (Å²) in [7, 11) is 0. The van der Waals surface area contributed by atoms with Crippen LogP contribution < -0.4 is 15.5 Å². The molecule has 0 fully saturated rings. The minimum atomic E-state index is -0.961. The van der Waals surface area contributed by atoms with E-state index in [0.29, 0.717) is 23.6 Å². The number of anilines is 1. The average Bonchev–Trinajstić information content (AvgIpc) is 2.84. The number of hydrazone groups is 1. The van der Waals surface area contributed by atoms with Crippen molar-refractivity contribution in [2.45, 2.75) is 6.61 Å². The SMILES string of the molecule is O=C(N/N=C\c1c(OCc2cccc(Br)c2)ccc2ccccc12)C(=O)Nc1ccc(F)cc1. The van der Waals surface area contributed by atoms with Crippen LogP contribution in [0.2, 0.25) is 0 Å². The van der Waals surface area contributed by atoms with Crippen LogP contribution in [0, 0.1) is 5.82 Å². The zero-order chi connectivity index (χ0) is 23.9. The first-order valence-electron chi connectivity index (χ1n) is 10.3. The summed E-state index contributed by atoms with van der Waals surface area (Å²) in [6, 6.07) is 24.3. The number of rotatable bonds is 6. The molecule has 0 aliphatic rings. The zero-order valence-corrected chi connectivity index (χ0v) is 19.4. The Morgan fingerprint density at radius 3 is 2.53 bits per heavy atom. The highest BCUT2D eigenvalue weighted by atomic mass is 79.9. The van der Waals surface area contributed by atoms with Gasteiger partial charge in [-0.1, -0.05) is 58.4 Å². The fraction of sp³-hybridized carbons (Fsp3) is 0.0385. The van der Waals surface area contributed by atoms with Crippen LogP contribution in [0.5, 0.6) is 5.75 Å². The van der Waals surface area contributed by atoms with Crippen molar-refractivity contribution in [1.29, 1.82) is 0 Å². The largest absolute Gasteiger partial charge is 0.488 e. The molecule has 0 radical (unpaired) electrons. The van der Waals surface area contributed by atoms with Crippen molar-refractivity contribution in [3.8, 4) is 5.75 Å². The summed E-state index contributed by atoms with van der Waals surface area (Å²) < 4.78 is 20.0. The number of benzene rings is 4. The number of halogens is 2. The van der Waals surface area contributed by atoms with E-state index >= 15 is 0 Å². The summed E-state index contributed by atoms with van der Waals surface area (Å²) in [6.45, 7) is 0.338. The molecule has 4 aromatic carbocycles. The van der Waals surface area contributed by atoms with Crippen LogP contribution in [0.1, 0.15) is 11.1 Å². The van der Waals surface area contributed by atoms with Gasteiger partial charge in [-0.05, 0) is 58.8 Å². The first kappa shape index (κ1) is 23.1. The molecule has 0 aromatic heterocycles. The molecule has 4 rings (SSSR count). The lowest BCUT2D eigenvalue weighted by atomic mass is 10.0. The summed E-state index contributed by atoms with van der Waals surface area (Å²) in [4.78, 5) is 24.2. The molecule has 0 saturated heterocycles. The number of amides is 2. The van der Waals surface area contributed by atoms with E-state index in [1.54, 1.807) is 0 Å². The van der Waals surface area contributed by atoms with Gasteiger partial charge in [-0.3, -0.25) is 9.59 Å². The molecule has 0 spiro atoms. The molecule has 2 amide bonds. The minimum Gasteiger partial charge on any atom is -0.488 e. The highest BCUT2D eigenvalue weighted by Crippen LogP contribution is 2.27. The molecule has 0 heterocycles. The Bertz CT molecular complexity index is 1370. The molecule has 0 atom stereocenters. The van der Waals surface area contributed by atoms with Crippen molar-refractivity contribution >= 4 is 50.4 Å². The second kappa shape index (κ2) is 10.7. The van der Waals surface area contributed by atoms with Gasteiger partial charge in [-0.25, -0.2) is 9.82 Å². The lowest BCUT2D eigenvalue weighted by Gasteiger charge is -2.12. The molecule has 0 aliphatic heterocycles. The smallest absolute Gasteiger partial charge is 0.329 e. The highest BCUT2D eigenvalue weighted by Gasteiger charge is 2.13. The molecule has 4 aromatic rings. The monoisotopic (exact) mass is 519 g/mol. The quantitative estimate of drug-likeness (QED) is 0.203. The second-order valence-electron chi connectivity index (χ2n) is 7.28. The molecular weight excluding hydrogens is 501 g/mol. The predicted molar refractivity (Wildman–Crippen MR) is 133 cm³/mol. The maximum absolute atomic E-state index is 13.0. The van der Waals surface area contributed by atoms with E-state index in [-0.39, 0.29) is 0 Å². The van der Waals surface area contributed by atoms with Gasteiger partial charge in [0, 0.05) is 15.7 Å². The second-order valence-corrected chi connectivity index (χ2v) is 8.19. The Hall–Kier alpha value is -4.04. The van der Waals surface area contributed by atoms with Crippen molar-refractivity contribution in [2.24, 2.45) is 5.10 Å². The number of carbonyl (C=O) groups is 2. The topological polar surface area (TPSA) is 79.8 Å². The fourth-order valence-electron chi connectivity index (χ4n) is 3.25. The Labute approximate surface area is 203 Å². The van der Waals surface area contributed by atoms with Crippen molar-refractivity contribution in [3.05, 3.63) is 106 Å². The van der Waals surface area contributed by atoms with Crippen LogP contribution in [-0.2, 0) is 16.2 Å². The number of hydrogen-bond donors (Lipinski definition) is 2. The van der Waals surface area contributed by atoms with Crippen LogP contribution in [0.3, 0.4) is 0 Å². The van der Waals surface area contributed by atoms with Crippen LogP contribution in [0.4, 0.5) is 10.1 Å². The van der Waals surface area contributed by atoms with Gasteiger partial charge in [0.2, 0.25) is 0 Å². The number of fused-ring (bicyclic) bond motifs is 1. The van der Waals surface area contributed by atoms with E-state index in [1.807, 2.05) is 60.7 Å². The molecule has 34 heavy (non-hydrogen) atoms. The van der Waals surface area contributed by atoms with E-state index in [0.717, 1.165) is 20.8 Å². The van der Waals surface area contributed by atoms with Gasteiger partial charge >= 0.3 is 11.8 Å². The molecule has 0 aliphatic carbocycles. The van der Waals surface area contributed by atoms with Crippen molar-refractivity contribution in [1.82, 2.24) is 5.43 Å². The van der Waals surface area contributed by atoms with E-state index in [9.17, 15) is 14.0 Å². The predicted octanol–water partition coefficient (Wildman–Crippen LogP) is 5.41. The minimum absolute atomic E-state index is 0.294. The Balaban J connectivity index is 1.50. The van der Waals surface area contributed by atoms with Gasteiger partial charge in [-0.15, -0.1) is 0 Å². The number of hydrogen-bond acceptors (Lipinski definition) is 4. The maximum Gasteiger partial charge on any atom is 0.329 e. The molecule has 170 valence electrons. The Morgan fingerprint density at radius 1 is 0.941 bits per heavy atom. The summed E-state index contributed by atoms with van der Waals surface area (Å²) >= 11 is 3.45. The van der Waals surface area contributed by atoms with Crippen LogP contribution in [0.25, 0.3) is 10.8 Å². The lowest BCUT2D eigenvalue weighted by Crippen LogP contribution is -2.32.